The zero-order valence-corrected chi connectivity index (χ0v) is 23.6. The lowest BCUT2D eigenvalue weighted by atomic mass is 9.88. The Labute approximate surface area is 237 Å². The maximum atomic E-state index is 13.3. The van der Waals surface area contributed by atoms with Gasteiger partial charge in [-0.05, 0) is 67.2 Å². The first-order valence-corrected chi connectivity index (χ1v) is 15.1. The SMILES string of the molecule is Cn1nc(C(=O)NC2CCN(CC3CCCCC3)CC2)c2ccc(OCC3=C(c4ccccc4)CCC=C3)nc21. The molecule has 0 bridgehead atoms. The molecule has 0 spiro atoms. The van der Waals surface area contributed by atoms with E-state index in [0.29, 0.717) is 23.8 Å². The molecule has 0 atom stereocenters. The predicted molar refractivity (Wildman–Crippen MR) is 159 cm³/mol. The molecule has 2 aliphatic carbocycles. The highest BCUT2D eigenvalue weighted by atomic mass is 16.5. The topological polar surface area (TPSA) is 72.3 Å². The number of fused-ring (bicyclic) bond motifs is 1. The van der Waals surface area contributed by atoms with Gasteiger partial charge < -0.3 is 15.0 Å². The number of nitrogens with one attached hydrogen (secondary N) is 1. The first-order chi connectivity index (χ1) is 19.6. The highest BCUT2D eigenvalue weighted by Crippen LogP contribution is 2.29. The molecule has 7 heteroatoms. The van der Waals surface area contributed by atoms with Crippen molar-refractivity contribution in [1.82, 2.24) is 25.0 Å². The zero-order valence-electron chi connectivity index (χ0n) is 23.6. The molecule has 1 aromatic carbocycles. The molecular weight excluding hydrogens is 498 g/mol. The molecule has 1 aliphatic heterocycles. The van der Waals surface area contributed by atoms with E-state index in [0.717, 1.165) is 50.1 Å². The number of carbonyl (C=O) groups is 1. The molecule has 2 aromatic heterocycles. The van der Waals surface area contributed by atoms with Crippen LogP contribution in [-0.4, -0.2) is 57.9 Å². The number of carbonyl (C=O) groups excluding carboxylic acids is 1. The van der Waals surface area contributed by atoms with Crippen molar-refractivity contribution < 1.29 is 9.53 Å². The first-order valence-electron chi connectivity index (χ1n) is 15.1. The van der Waals surface area contributed by atoms with Crippen LogP contribution in [0.25, 0.3) is 16.6 Å². The number of benzene rings is 1. The molecule has 3 aliphatic rings. The monoisotopic (exact) mass is 539 g/mol. The maximum absolute atomic E-state index is 13.3. The average Bonchev–Trinajstić information content (AvgIpc) is 3.34. The van der Waals surface area contributed by atoms with Crippen molar-refractivity contribution in [3.8, 4) is 5.88 Å². The number of allylic oxidation sites excluding steroid dienone is 2. The Morgan fingerprint density at radius 3 is 2.62 bits per heavy atom. The van der Waals surface area contributed by atoms with Crippen LogP contribution in [0.1, 0.15) is 73.8 Å². The molecule has 1 saturated carbocycles. The van der Waals surface area contributed by atoms with Gasteiger partial charge >= 0.3 is 0 Å². The lowest BCUT2D eigenvalue weighted by Crippen LogP contribution is -2.46. The zero-order chi connectivity index (χ0) is 27.3. The number of pyridine rings is 1. The molecule has 6 rings (SSSR count). The van der Waals surface area contributed by atoms with Crippen molar-refractivity contribution in [1.29, 1.82) is 0 Å². The predicted octanol–water partition coefficient (Wildman–Crippen LogP) is 5.93. The van der Waals surface area contributed by atoms with Gasteiger partial charge in [-0.1, -0.05) is 61.7 Å². The smallest absolute Gasteiger partial charge is 0.272 e. The number of nitrogens with zero attached hydrogens (tertiary/aromatic N) is 4. The van der Waals surface area contributed by atoms with Crippen LogP contribution in [-0.2, 0) is 7.05 Å². The quantitative estimate of drug-likeness (QED) is 0.384. The molecule has 1 amide bonds. The first kappa shape index (κ1) is 26.8. The van der Waals surface area contributed by atoms with Gasteiger partial charge in [0.1, 0.15) is 6.61 Å². The summed E-state index contributed by atoms with van der Waals surface area (Å²) in [5.74, 6) is 1.28. The minimum absolute atomic E-state index is 0.114. The summed E-state index contributed by atoms with van der Waals surface area (Å²) in [4.78, 5) is 20.6. The third-order valence-corrected chi connectivity index (χ3v) is 8.81. The molecule has 1 saturated heterocycles. The Balaban J connectivity index is 1.08. The molecule has 2 fully saturated rings. The van der Waals surface area contributed by atoms with E-state index in [9.17, 15) is 4.79 Å². The van der Waals surface area contributed by atoms with Crippen molar-refractivity contribution in [3.63, 3.8) is 0 Å². The minimum Gasteiger partial charge on any atom is -0.473 e. The fourth-order valence-electron chi connectivity index (χ4n) is 6.58. The van der Waals surface area contributed by atoms with Crippen molar-refractivity contribution in [3.05, 3.63) is 71.4 Å². The van der Waals surface area contributed by atoms with E-state index in [2.05, 4.69) is 51.7 Å². The largest absolute Gasteiger partial charge is 0.473 e. The molecular formula is C33H41N5O2. The minimum atomic E-state index is -0.114. The number of ether oxygens (including phenoxy) is 1. The number of aromatic nitrogens is 3. The normalized spacial score (nSPS) is 19.3. The number of likely N-dealkylation sites (tertiary alicyclic amines) is 1. The van der Waals surface area contributed by atoms with Crippen molar-refractivity contribution >= 4 is 22.5 Å². The van der Waals surface area contributed by atoms with Gasteiger partial charge in [0.25, 0.3) is 5.91 Å². The van der Waals surface area contributed by atoms with Gasteiger partial charge in [0, 0.05) is 38.8 Å². The van der Waals surface area contributed by atoms with Crippen molar-refractivity contribution in [2.24, 2.45) is 13.0 Å². The van der Waals surface area contributed by atoms with E-state index in [1.807, 2.05) is 25.2 Å². The van der Waals surface area contributed by atoms with Gasteiger partial charge in [0.2, 0.25) is 5.88 Å². The van der Waals surface area contributed by atoms with E-state index in [1.54, 1.807) is 4.68 Å². The standard InChI is InChI=1S/C33H41N5O2/c1-37-32-29(16-17-30(35-32)40-23-26-14-8-9-15-28(26)25-12-6-3-7-13-25)31(36-37)33(39)34-27-18-20-38(21-19-27)22-24-10-4-2-5-11-24/h3,6-8,12-14,16-17,24,27H,2,4-5,9-11,15,18-23H2,1H3,(H,34,39). The second kappa shape index (κ2) is 12.4. The Hall–Kier alpha value is -3.45. The van der Waals surface area contributed by atoms with Crippen LogP contribution in [0, 0.1) is 5.92 Å². The van der Waals surface area contributed by atoms with E-state index >= 15 is 0 Å². The number of amides is 1. The third kappa shape index (κ3) is 6.15. The van der Waals surface area contributed by atoms with Gasteiger partial charge in [-0.2, -0.15) is 10.1 Å². The van der Waals surface area contributed by atoms with E-state index < -0.39 is 0 Å². The van der Waals surface area contributed by atoms with Gasteiger partial charge in [0.05, 0.1) is 5.39 Å². The van der Waals surface area contributed by atoms with E-state index in [4.69, 9.17) is 9.72 Å². The van der Waals surface area contributed by atoms with Crippen LogP contribution in [0.3, 0.4) is 0 Å². The summed E-state index contributed by atoms with van der Waals surface area (Å²) in [5.41, 5.74) is 4.83. The maximum Gasteiger partial charge on any atom is 0.272 e. The number of hydrogen-bond acceptors (Lipinski definition) is 5. The summed E-state index contributed by atoms with van der Waals surface area (Å²) in [7, 11) is 1.83. The van der Waals surface area contributed by atoms with Crippen LogP contribution < -0.4 is 10.1 Å². The van der Waals surface area contributed by atoms with Crippen molar-refractivity contribution in [2.45, 2.75) is 63.8 Å². The molecule has 7 nitrogen and oxygen atoms in total. The highest BCUT2D eigenvalue weighted by Gasteiger charge is 2.26. The molecule has 210 valence electrons. The lowest BCUT2D eigenvalue weighted by molar-refractivity contribution is 0.0897. The van der Waals surface area contributed by atoms with Gasteiger partial charge in [-0.25, -0.2) is 4.68 Å². The summed E-state index contributed by atoms with van der Waals surface area (Å²) >= 11 is 0. The molecule has 3 heterocycles. The van der Waals surface area contributed by atoms with Gasteiger partial charge in [0.15, 0.2) is 11.3 Å². The Morgan fingerprint density at radius 1 is 1.02 bits per heavy atom. The lowest BCUT2D eigenvalue weighted by Gasteiger charge is -2.35. The molecule has 0 radical (unpaired) electrons. The van der Waals surface area contributed by atoms with Gasteiger partial charge in [-0.3, -0.25) is 4.79 Å². The Kier molecular flexibility index (Phi) is 8.28. The highest BCUT2D eigenvalue weighted by molar-refractivity contribution is 6.04. The van der Waals surface area contributed by atoms with E-state index in [1.165, 1.54) is 55.4 Å². The Morgan fingerprint density at radius 2 is 1.82 bits per heavy atom. The fraction of sp³-hybridized carbons (Fsp3) is 0.485. The number of rotatable bonds is 8. The van der Waals surface area contributed by atoms with Crippen LogP contribution in [0.5, 0.6) is 5.88 Å². The average molecular weight is 540 g/mol. The fourth-order valence-corrected chi connectivity index (χ4v) is 6.58. The van der Waals surface area contributed by atoms with Crippen LogP contribution in [0.2, 0.25) is 0 Å². The Bertz CT molecular complexity index is 1380. The number of aryl methyl sites for hydroxylation is 1. The van der Waals surface area contributed by atoms with Crippen molar-refractivity contribution in [2.75, 3.05) is 26.2 Å². The summed E-state index contributed by atoms with van der Waals surface area (Å²) in [6.07, 6.45) is 15.4. The van der Waals surface area contributed by atoms with Gasteiger partial charge in [-0.15, -0.1) is 0 Å². The second-order valence-corrected chi connectivity index (χ2v) is 11.6. The van der Waals surface area contributed by atoms with Crippen LogP contribution in [0.15, 0.2) is 60.2 Å². The summed E-state index contributed by atoms with van der Waals surface area (Å²) in [6, 6.07) is 14.5. The summed E-state index contributed by atoms with van der Waals surface area (Å²) in [6.45, 7) is 3.79. The molecule has 40 heavy (non-hydrogen) atoms. The number of hydrogen-bond donors (Lipinski definition) is 1. The molecule has 1 N–H and O–H groups in total. The second-order valence-electron chi connectivity index (χ2n) is 11.6. The molecule has 3 aromatic rings. The third-order valence-electron chi connectivity index (χ3n) is 8.81. The van der Waals surface area contributed by atoms with Crippen LogP contribution >= 0.6 is 0 Å². The van der Waals surface area contributed by atoms with Crippen LogP contribution in [0.4, 0.5) is 0 Å². The summed E-state index contributed by atoms with van der Waals surface area (Å²) < 4.78 is 7.83. The van der Waals surface area contributed by atoms with E-state index in [-0.39, 0.29) is 11.9 Å². The number of piperidine rings is 1. The summed E-state index contributed by atoms with van der Waals surface area (Å²) in [5, 5.41) is 8.55. The molecule has 0 unspecified atom stereocenters.